The molecule has 0 saturated carbocycles. The van der Waals surface area contributed by atoms with Crippen molar-refractivity contribution in [3.63, 3.8) is 0 Å². The van der Waals surface area contributed by atoms with E-state index in [1.54, 1.807) is 24.3 Å². The summed E-state index contributed by atoms with van der Waals surface area (Å²) in [7, 11) is -3.52. The van der Waals surface area contributed by atoms with Crippen LogP contribution in [-0.4, -0.2) is 5.71 Å². The summed E-state index contributed by atoms with van der Waals surface area (Å²) in [6.07, 6.45) is 6.97. The second-order valence-electron chi connectivity index (χ2n) is 7.75. The number of hydrogen-bond donors (Lipinski definition) is 0. The number of nitriles is 1. The maximum Gasteiger partial charge on any atom is 0.330 e. The molecule has 0 heterocycles. The van der Waals surface area contributed by atoms with E-state index in [9.17, 15) is 9.83 Å². The third kappa shape index (κ3) is 6.78. The monoisotopic (exact) mass is 456 g/mol. The van der Waals surface area contributed by atoms with Crippen LogP contribution in [0.5, 0.6) is 0 Å². The van der Waals surface area contributed by atoms with Crippen LogP contribution in [0.2, 0.25) is 0 Å². The van der Waals surface area contributed by atoms with E-state index < -0.39 is 7.37 Å². The van der Waals surface area contributed by atoms with Gasteiger partial charge in [0.1, 0.15) is 6.07 Å². The Morgan fingerprint density at radius 3 is 1.94 bits per heavy atom. The first-order valence-electron chi connectivity index (χ1n) is 11.3. The Kier molecular flexibility index (Phi) is 9.24. The molecule has 4 nitrogen and oxygen atoms in total. The first kappa shape index (κ1) is 24.2. The van der Waals surface area contributed by atoms with Crippen molar-refractivity contribution in [2.75, 3.05) is 0 Å². The molecule has 3 rings (SSSR count). The summed E-state index contributed by atoms with van der Waals surface area (Å²) >= 11 is 0. The van der Waals surface area contributed by atoms with Crippen LogP contribution in [0.15, 0.2) is 102 Å². The quantitative estimate of drug-likeness (QED) is 0.137. The largest absolute Gasteiger partial charge is 0.330 e. The third-order valence-electron chi connectivity index (χ3n) is 5.29. The Morgan fingerprint density at radius 1 is 0.879 bits per heavy atom. The Bertz CT molecular complexity index is 1110. The minimum atomic E-state index is -3.52. The number of unbranched alkanes of at least 4 members (excludes halogenated alkanes) is 3. The van der Waals surface area contributed by atoms with Gasteiger partial charge in [-0.25, -0.2) is 0 Å². The number of hydrogen-bond acceptors (Lipinski definition) is 4. The minimum Gasteiger partial charge on any atom is -0.329 e. The van der Waals surface area contributed by atoms with E-state index in [2.05, 4.69) is 18.1 Å². The average molecular weight is 457 g/mol. The van der Waals surface area contributed by atoms with E-state index in [4.69, 9.17) is 4.62 Å². The van der Waals surface area contributed by atoms with Gasteiger partial charge in [0.05, 0.1) is 10.6 Å². The minimum absolute atomic E-state index is 0.155. The number of rotatable bonds is 11. The lowest BCUT2D eigenvalue weighted by Crippen LogP contribution is -2.17. The van der Waals surface area contributed by atoms with E-state index in [-0.39, 0.29) is 5.71 Å². The van der Waals surface area contributed by atoms with Crippen molar-refractivity contribution in [3.8, 4) is 6.07 Å². The van der Waals surface area contributed by atoms with Crippen molar-refractivity contribution in [1.82, 2.24) is 0 Å². The van der Waals surface area contributed by atoms with Gasteiger partial charge in [-0.2, -0.15) is 5.26 Å². The van der Waals surface area contributed by atoms with Gasteiger partial charge in [0.2, 0.25) is 0 Å². The molecule has 0 saturated heterocycles. The summed E-state index contributed by atoms with van der Waals surface area (Å²) in [6.45, 7) is 2.17. The summed E-state index contributed by atoms with van der Waals surface area (Å²) in [4.78, 5) is 0. The highest BCUT2D eigenvalue weighted by Crippen LogP contribution is 2.45. The smallest absolute Gasteiger partial charge is 0.329 e. The lowest BCUT2D eigenvalue weighted by atomic mass is 10.0. The molecule has 5 heteroatoms. The van der Waals surface area contributed by atoms with E-state index in [1.807, 2.05) is 72.8 Å². The number of benzene rings is 3. The highest BCUT2D eigenvalue weighted by atomic mass is 31.2. The lowest BCUT2D eigenvalue weighted by molar-refractivity contribution is 0.349. The molecule has 3 aromatic rings. The van der Waals surface area contributed by atoms with Crippen LogP contribution in [0.4, 0.5) is 0 Å². The first-order valence-corrected chi connectivity index (χ1v) is 12.9. The van der Waals surface area contributed by atoms with E-state index in [1.165, 1.54) is 0 Å². The molecule has 0 aromatic heterocycles. The van der Waals surface area contributed by atoms with Gasteiger partial charge in [0.15, 0.2) is 5.71 Å². The molecule has 0 unspecified atom stereocenters. The third-order valence-corrected chi connectivity index (χ3v) is 7.56. The van der Waals surface area contributed by atoms with Crippen molar-refractivity contribution >= 4 is 29.8 Å². The lowest BCUT2D eigenvalue weighted by Gasteiger charge is -2.17. The highest BCUT2D eigenvalue weighted by molar-refractivity contribution is 7.74. The molecule has 0 N–H and O–H groups in total. The molecule has 168 valence electrons. The van der Waals surface area contributed by atoms with Gasteiger partial charge in [-0.05, 0) is 54.3 Å². The molecule has 0 atom stereocenters. The van der Waals surface area contributed by atoms with Gasteiger partial charge < -0.3 is 4.62 Å². The summed E-state index contributed by atoms with van der Waals surface area (Å²) < 4.78 is 19.8. The molecule has 0 aliphatic heterocycles. The molecular weight excluding hydrogens is 427 g/mol. The fourth-order valence-electron chi connectivity index (χ4n) is 3.49. The Balaban J connectivity index is 1.97. The summed E-state index contributed by atoms with van der Waals surface area (Å²) in [6, 6.07) is 30.1. The average Bonchev–Trinajstić information content (AvgIpc) is 2.88. The van der Waals surface area contributed by atoms with E-state index in [0.29, 0.717) is 17.0 Å². The standard InChI is InChI=1S/C28H29N2O2P/c1-2-3-4-10-17-25(22-24-15-8-5-9-16-24)28(23-29)30-32-33(31,26-18-11-6-12-19-26)27-20-13-7-14-21-27/h5-9,11-16,18-22H,2-4,10,17H2,1H3. The summed E-state index contributed by atoms with van der Waals surface area (Å²) in [5, 5.41) is 15.2. The number of nitrogens with zero attached hydrogens (tertiary/aromatic N) is 2. The Morgan fingerprint density at radius 2 is 1.42 bits per heavy atom. The highest BCUT2D eigenvalue weighted by Gasteiger charge is 2.30. The summed E-state index contributed by atoms with van der Waals surface area (Å²) in [5.74, 6) is 0. The van der Waals surface area contributed by atoms with Crippen molar-refractivity contribution in [2.24, 2.45) is 5.16 Å². The van der Waals surface area contributed by atoms with Crippen molar-refractivity contribution in [2.45, 2.75) is 39.0 Å². The van der Waals surface area contributed by atoms with Crippen LogP contribution in [0, 0.1) is 11.3 Å². The van der Waals surface area contributed by atoms with Gasteiger partial charge in [-0.15, -0.1) is 0 Å². The molecule has 0 aliphatic carbocycles. The number of oxime groups is 1. The molecule has 0 radical (unpaired) electrons. The van der Waals surface area contributed by atoms with Crippen molar-refractivity contribution in [3.05, 3.63) is 102 Å². The van der Waals surface area contributed by atoms with Gasteiger partial charge in [0, 0.05) is 0 Å². The summed E-state index contributed by atoms with van der Waals surface area (Å²) in [5.41, 5.74) is 1.93. The van der Waals surface area contributed by atoms with E-state index in [0.717, 1.165) is 36.8 Å². The van der Waals surface area contributed by atoms with E-state index >= 15 is 0 Å². The predicted octanol–water partition coefficient (Wildman–Crippen LogP) is 6.87. The maximum atomic E-state index is 14.1. The van der Waals surface area contributed by atoms with Crippen molar-refractivity contribution < 1.29 is 9.19 Å². The van der Waals surface area contributed by atoms with Crippen molar-refractivity contribution in [1.29, 1.82) is 5.26 Å². The molecule has 0 bridgehead atoms. The first-order chi connectivity index (χ1) is 16.2. The topological polar surface area (TPSA) is 62.4 Å². The SMILES string of the molecule is CCCCCCC(=Cc1ccccc1)C(C#N)=NOP(=O)(c1ccccc1)c1ccccc1. The fourth-order valence-corrected chi connectivity index (χ4v) is 5.31. The second-order valence-corrected chi connectivity index (χ2v) is 10.0. The van der Waals surface area contributed by atoms with Gasteiger partial charge >= 0.3 is 7.37 Å². The molecule has 0 spiro atoms. The molecular formula is C28H29N2O2P. The van der Waals surface area contributed by atoms with Gasteiger partial charge in [-0.3, -0.25) is 4.57 Å². The fraction of sp³-hybridized carbons (Fsp3) is 0.214. The Hall–Kier alpha value is -3.41. The van der Waals surface area contributed by atoms with Crippen LogP contribution in [0.1, 0.15) is 44.6 Å². The molecule has 3 aromatic carbocycles. The van der Waals surface area contributed by atoms with Crippen LogP contribution >= 0.6 is 7.37 Å². The van der Waals surface area contributed by atoms with Crippen LogP contribution in [0.3, 0.4) is 0 Å². The molecule has 0 aliphatic rings. The normalized spacial score (nSPS) is 12.2. The van der Waals surface area contributed by atoms with Gasteiger partial charge in [-0.1, -0.05) is 98.1 Å². The zero-order valence-electron chi connectivity index (χ0n) is 18.9. The maximum absolute atomic E-state index is 14.1. The second kappa shape index (κ2) is 12.6. The zero-order valence-corrected chi connectivity index (χ0v) is 19.8. The molecule has 33 heavy (non-hydrogen) atoms. The van der Waals surface area contributed by atoms with Crippen LogP contribution in [-0.2, 0) is 9.19 Å². The van der Waals surface area contributed by atoms with Crippen LogP contribution in [0.25, 0.3) is 6.08 Å². The Labute approximate surface area is 196 Å². The van der Waals surface area contributed by atoms with Crippen LogP contribution < -0.4 is 10.6 Å². The molecule has 0 fully saturated rings. The number of allylic oxidation sites excluding steroid dienone is 1. The molecule has 0 amide bonds. The predicted molar refractivity (Wildman–Crippen MR) is 137 cm³/mol. The van der Waals surface area contributed by atoms with Gasteiger partial charge in [0.25, 0.3) is 0 Å². The zero-order chi connectivity index (χ0) is 23.4.